The molecule has 0 radical (unpaired) electrons. The lowest BCUT2D eigenvalue weighted by atomic mass is 10.0. The molecule has 3 N–H and O–H groups in total. The second-order valence-electron chi connectivity index (χ2n) is 6.05. The van der Waals surface area contributed by atoms with E-state index in [0.29, 0.717) is 5.69 Å². The summed E-state index contributed by atoms with van der Waals surface area (Å²) >= 11 is 0. The molecule has 0 aliphatic carbocycles. The summed E-state index contributed by atoms with van der Waals surface area (Å²) < 4.78 is 40.6. The number of aromatic carboxylic acids is 1. The third-order valence-corrected chi connectivity index (χ3v) is 3.95. The maximum absolute atomic E-state index is 13.5. The summed E-state index contributed by atoms with van der Waals surface area (Å²) in [6.45, 7) is 2.90. The number of hydrogen-bond donors (Lipinski definition) is 3. The van der Waals surface area contributed by atoms with Crippen molar-refractivity contribution in [3.63, 3.8) is 0 Å². The number of carboxylic acids is 1. The van der Waals surface area contributed by atoms with E-state index >= 15 is 0 Å². The Balaban J connectivity index is 2.06. The largest absolute Gasteiger partial charge is 0.477 e. The lowest BCUT2D eigenvalue weighted by molar-refractivity contribution is -0.141. The van der Waals surface area contributed by atoms with Crippen LogP contribution in [0.4, 0.5) is 18.9 Å². The molecule has 0 saturated carbocycles. The number of fused-ring (bicyclic) bond motifs is 1. The lowest BCUT2D eigenvalue weighted by Crippen LogP contribution is -2.20. The van der Waals surface area contributed by atoms with E-state index in [1.807, 2.05) is 0 Å². The topological polar surface area (TPSA) is 121 Å². The third-order valence-electron chi connectivity index (χ3n) is 3.95. The molecule has 0 unspecified atom stereocenters. The summed E-state index contributed by atoms with van der Waals surface area (Å²) in [6, 6.07) is 2.80. The van der Waals surface area contributed by atoms with Gasteiger partial charge in [-0.05, 0) is 32.0 Å². The molecular weight excluding hydrogens is 379 g/mol. The lowest BCUT2D eigenvalue weighted by Gasteiger charge is -2.20. The highest BCUT2D eigenvalue weighted by molar-refractivity contribution is 5.85. The van der Waals surface area contributed by atoms with Crippen LogP contribution >= 0.6 is 0 Å². The zero-order chi connectivity index (χ0) is 20.6. The first-order valence-corrected chi connectivity index (χ1v) is 8.01. The number of halogens is 3. The van der Waals surface area contributed by atoms with E-state index in [1.165, 1.54) is 32.2 Å². The van der Waals surface area contributed by atoms with Crippen LogP contribution in [0.3, 0.4) is 0 Å². The van der Waals surface area contributed by atoms with Crippen LogP contribution in [0.15, 0.2) is 29.2 Å². The number of H-pyrrole nitrogens is 1. The van der Waals surface area contributed by atoms with Crippen LogP contribution in [-0.2, 0) is 6.18 Å². The molecular formula is C17H14F3N5O3. The van der Waals surface area contributed by atoms with E-state index in [-0.39, 0.29) is 28.1 Å². The van der Waals surface area contributed by atoms with E-state index in [9.17, 15) is 22.8 Å². The molecule has 0 aromatic carbocycles. The van der Waals surface area contributed by atoms with Gasteiger partial charge in [-0.15, -0.1) is 0 Å². The first-order valence-electron chi connectivity index (χ1n) is 8.01. The minimum Gasteiger partial charge on any atom is -0.477 e. The number of aromatic amines is 1. The second-order valence-corrected chi connectivity index (χ2v) is 6.05. The van der Waals surface area contributed by atoms with E-state index < -0.39 is 29.4 Å². The fourth-order valence-electron chi connectivity index (χ4n) is 2.68. The zero-order valence-corrected chi connectivity index (χ0v) is 14.6. The van der Waals surface area contributed by atoms with Crippen molar-refractivity contribution in [1.82, 2.24) is 19.9 Å². The molecule has 28 heavy (non-hydrogen) atoms. The maximum atomic E-state index is 13.5. The number of nitrogens with zero attached hydrogens (tertiary/aromatic N) is 3. The van der Waals surface area contributed by atoms with Gasteiger partial charge in [0, 0.05) is 5.56 Å². The molecule has 0 saturated heterocycles. The first-order chi connectivity index (χ1) is 13.1. The van der Waals surface area contributed by atoms with Crippen molar-refractivity contribution in [2.75, 3.05) is 5.32 Å². The Bertz CT molecular complexity index is 1110. The third kappa shape index (κ3) is 3.77. The first kappa shape index (κ1) is 19.3. The fraction of sp³-hybridized carbons (Fsp3) is 0.235. The molecule has 11 heteroatoms. The number of aromatic nitrogens is 4. The Kier molecular flexibility index (Phi) is 4.75. The summed E-state index contributed by atoms with van der Waals surface area (Å²) in [4.78, 5) is 36.5. The van der Waals surface area contributed by atoms with Crippen LogP contribution < -0.4 is 10.9 Å². The molecule has 0 bridgehead atoms. The Morgan fingerprint density at radius 2 is 2.00 bits per heavy atom. The van der Waals surface area contributed by atoms with Gasteiger partial charge >= 0.3 is 12.1 Å². The minimum absolute atomic E-state index is 0.0680. The quantitative estimate of drug-likeness (QED) is 0.623. The van der Waals surface area contributed by atoms with Crippen LogP contribution in [0.2, 0.25) is 0 Å². The van der Waals surface area contributed by atoms with Gasteiger partial charge in [0.2, 0.25) is 0 Å². The van der Waals surface area contributed by atoms with E-state index in [1.54, 1.807) is 0 Å². The summed E-state index contributed by atoms with van der Waals surface area (Å²) in [5.41, 5.74) is -2.19. The molecule has 3 aromatic heterocycles. The van der Waals surface area contributed by atoms with Crippen molar-refractivity contribution >= 4 is 22.7 Å². The highest BCUT2D eigenvalue weighted by Crippen LogP contribution is 2.35. The molecule has 0 aliphatic rings. The number of rotatable bonds is 4. The average Bonchev–Trinajstić information content (AvgIpc) is 2.60. The van der Waals surface area contributed by atoms with Crippen molar-refractivity contribution in [2.24, 2.45) is 0 Å². The summed E-state index contributed by atoms with van der Waals surface area (Å²) in [5, 5.41) is 11.6. The van der Waals surface area contributed by atoms with Crippen molar-refractivity contribution < 1.29 is 23.1 Å². The van der Waals surface area contributed by atoms with E-state index in [2.05, 4.69) is 25.3 Å². The van der Waals surface area contributed by atoms with Gasteiger partial charge in [0.15, 0.2) is 11.3 Å². The molecule has 0 amide bonds. The van der Waals surface area contributed by atoms with Gasteiger partial charge in [0.1, 0.15) is 11.5 Å². The van der Waals surface area contributed by atoms with Crippen molar-refractivity contribution in [3.8, 4) is 0 Å². The van der Waals surface area contributed by atoms with Gasteiger partial charge in [-0.3, -0.25) is 4.79 Å². The second kappa shape index (κ2) is 6.91. The van der Waals surface area contributed by atoms with Crippen LogP contribution in [0.5, 0.6) is 0 Å². The van der Waals surface area contributed by atoms with Gasteiger partial charge < -0.3 is 15.4 Å². The van der Waals surface area contributed by atoms with Crippen LogP contribution in [0, 0.1) is 6.92 Å². The Labute approximate surface area is 155 Å². The number of pyridine rings is 2. The number of nitrogens with one attached hydrogen (secondary N) is 2. The van der Waals surface area contributed by atoms with Crippen LogP contribution in [-0.4, -0.2) is 31.0 Å². The molecule has 3 heterocycles. The molecule has 8 nitrogen and oxygen atoms in total. The Hall–Kier alpha value is -3.50. The van der Waals surface area contributed by atoms with Crippen molar-refractivity contribution in [1.29, 1.82) is 0 Å². The SMILES string of the molecule is Cc1nc2nc(C(F)(F)F)c([C@H](C)Nc3ccc(C(=O)O)nc3)cc2c(=O)[nH]1. The summed E-state index contributed by atoms with van der Waals surface area (Å²) in [7, 11) is 0. The predicted molar refractivity (Wildman–Crippen MR) is 93.1 cm³/mol. The summed E-state index contributed by atoms with van der Waals surface area (Å²) in [6.07, 6.45) is -3.57. The predicted octanol–water partition coefficient (Wildman–Crippen LogP) is 2.91. The highest BCUT2D eigenvalue weighted by atomic mass is 19.4. The van der Waals surface area contributed by atoms with Gasteiger partial charge in [0.25, 0.3) is 5.56 Å². The van der Waals surface area contributed by atoms with Gasteiger partial charge in [-0.2, -0.15) is 13.2 Å². The molecule has 3 aromatic rings. The van der Waals surface area contributed by atoms with Crippen molar-refractivity contribution in [2.45, 2.75) is 26.1 Å². The molecule has 0 spiro atoms. The van der Waals surface area contributed by atoms with Gasteiger partial charge in [-0.25, -0.2) is 19.7 Å². The number of aryl methyl sites for hydroxylation is 1. The van der Waals surface area contributed by atoms with Gasteiger partial charge in [-0.1, -0.05) is 0 Å². The van der Waals surface area contributed by atoms with Crippen molar-refractivity contribution in [3.05, 3.63) is 57.5 Å². The molecule has 146 valence electrons. The highest BCUT2D eigenvalue weighted by Gasteiger charge is 2.37. The molecule has 3 rings (SSSR count). The van der Waals surface area contributed by atoms with Crippen LogP contribution in [0.25, 0.3) is 11.0 Å². The molecule has 0 fully saturated rings. The van der Waals surface area contributed by atoms with Gasteiger partial charge in [0.05, 0.1) is 23.3 Å². The Morgan fingerprint density at radius 1 is 1.29 bits per heavy atom. The fourth-order valence-corrected chi connectivity index (χ4v) is 2.68. The number of hydrogen-bond acceptors (Lipinski definition) is 6. The normalized spacial score (nSPS) is 12.8. The van der Waals surface area contributed by atoms with E-state index in [4.69, 9.17) is 5.11 Å². The zero-order valence-electron chi connectivity index (χ0n) is 14.6. The monoisotopic (exact) mass is 393 g/mol. The number of carbonyl (C=O) groups is 1. The number of anilines is 1. The number of carboxylic acid groups (broad SMARTS) is 1. The van der Waals surface area contributed by atoms with Crippen LogP contribution in [0.1, 0.15) is 40.5 Å². The molecule has 0 aliphatic heterocycles. The smallest absolute Gasteiger partial charge is 0.433 e. The molecule has 1 atom stereocenters. The summed E-state index contributed by atoms with van der Waals surface area (Å²) in [5.74, 6) is -1.07. The Morgan fingerprint density at radius 3 is 2.57 bits per heavy atom. The number of alkyl halides is 3. The van der Waals surface area contributed by atoms with E-state index in [0.717, 1.165) is 6.07 Å². The standard InChI is InChI=1S/C17H14F3N5O3/c1-7(22-9-3-4-12(16(27)28)21-6-9)10-5-11-14(23-8(2)24-15(11)26)25-13(10)17(18,19)20/h3-7,22H,1-2H3,(H,27,28)(H,23,24,25,26)/t7-/m0/s1. The maximum Gasteiger partial charge on any atom is 0.433 e. The minimum atomic E-state index is -4.76. The average molecular weight is 393 g/mol.